The Balaban J connectivity index is 1.28. The van der Waals surface area contributed by atoms with Crippen LogP contribution < -0.4 is 10.6 Å². The SMILES string of the molecule is C[C@@H](C(=O)NC1CC1)N1CCN(C(=O)c2ccc(NC(=O)c3ccco3)cc2)CC1. The highest BCUT2D eigenvalue weighted by Crippen LogP contribution is 2.20. The quantitative estimate of drug-likeness (QED) is 0.759. The van der Waals surface area contributed by atoms with E-state index < -0.39 is 0 Å². The number of furan rings is 1. The van der Waals surface area contributed by atoms with Crippen molar-refractivity contribution in [2.75, 3.05) is 31.5 Å². The van der Waals surface area contributed by atoms with E-state index in [1.807, 2.05) is 6.92 Å². The van der Waals surface area contributed by atoms with Crippen LogP contribution in [0.15, 0.2) is 47.1 Å². The number of rotatable bonds is 6. The summed E-state index contributed by atoms with van der Waals surface area (Å²) in [4.78, 5) is 41.0. The summed E-state index contributed by atoms with van der Waals surface area (Å²) in [6.45, 7) is 4.42. The van der Waals surface area contributed by atoms with Crippen LogP contribution in [0.25, 0.3) is 0 Å². The molecule has 2 heterocycles. The number of hydrogen-bond acceptors (Lipinski definition) is 5. The number of carbonyl (C=O) groups is 3. The van der Waals surface area contributed by atoms with E-state index in [1.54, 1.807) is 41.3 Å². The van der Waals surface area contributed by atoms with Crippen LogP contribution in [-0.2, 0) is 4.79 Å². The normalized spacial score (nSPS) is 18.0. The molecule has 0 spiro atoms. The Kier molecular flexibility index (Phi) is 5.85. The zero-order valence-corrected chi connectivity index (χ0v) is 17.0. The van der Waals surface area contributed by atoms with E-state index in [0.717, 1.165) is 12.8 Å². The third-order valence-electron chi connectivity index (χ3n) is 5.59. The molecule has 30 heavy (non-hydrogen) atoms. The maximum absolute atomic E-state index is 12.8. The van der Waals surface area contributed by atoms with Crippen molar-refractivity contribution in [3.05, 3.63) is 54.0 Å². The summed E-state index contributed by atoms with van der Waals surface area (Å²) < 4.78 is 5.07. The Morgan fingerprint density at radius 1 is 1.03 bits per heavy atom. The first-order valence-corrected chi connectivity index (χ1v) is 10.3. The molecule has 8 heteroatoms. The average molecular weight is 410 g/mol. The van der Waals surface area contributed by atoms with Crippen molar-refractivity contribution < 1.29 is 18.8 Å². The molecular weight excluding hydrogens is 384 g/mol. The first kappa shape index (κ1) is 20.2. The second-order valence-electron chi connectivity index (χ2n) is 7.80. The van der Waals surface area contributed by atoms with E-state index in [2.05, 4.69) is 15.5 Å². The summed E-state index contributed by atoms with van der Waals surface area (Å²) in [6.07, 6.45) is 3.59. The number of carbonyl (C=O) groups excluding carboxylic acids is 3. The van der Waals surface area contributed by atoms with Crippen molar-refractivity contribution in [3.63, 3.8) is 0 Å². The van der Waals surface area contributed by atoms with Crippen LogP contribution >= 0.6 is 0 Å². The number of hydrogen-bond donors (Lipinski definition) is 2. The first-order chi connectivity index (χ1) is 14.5. The maximum atomic E-state index is 12.8. The lowest BCUT2D eigenvalue weighted by atomic mass is 10.1. The fraction of sp³-hybridized carbons (Fsp3) is 0.409. The Bertz CT molecular complexity index is 898. The summed E-state index contributed by atoms with van der Waals surface area (Å²) in [5.41, 5.74) is 1.16. The molecule has 1 aliphatic heterocycles. The smallest absolute Gasteiger partial charge is 0.291 e. The third-order valence-corrected chi connectivity index (χ3v) is 5.59. The second kappa shape index (κ2) is 8.71. The summed E-state index contributed by atoms with van der Waals surface area (Å²) in [7, 11) is 0. The zero-order chi connectivity index (χ0) is 21.1. The van der Waals surface area contributed by atoms with Crippen molar-refractivity contribution in [1.29, 1.82) is 0 Å². The van der Waals surface area contributed by atoms with E-state index in [9.17, 15) is 14.4 Å². The average Bonchev–Trinajstić information content (AvgIpc) is 3.40. The Labute approximate surface area is 175 Å². The van der Waals surface area contributed by atoms with Gasteiger partial charge in [0.2, 0.25) is 5.91 Å². The molecule has 158 valence electrons. The molecule has 2 N–H and O–H groups in total. The molecule has 8 nitrogen and oxygen atoms in total. The largest absolute Gasteiger partial charge is 0.459 e. The lowest BCUT2D eigenvalue weighted by molar-refractivity contribution is -0.126. The van der Waals surface area contributed by atoms with Crippen molar-refractivity contribution in [2.45, 2.75) is 31.8 Å². The summed E-state index contributed by atoms with van der Waals surface area (Å²) in [6, 6.07) is 10.2. The topological polar surface area (TPSA) is 94.9 Å². The minimum Gasteiger partial charge on any atom is -0.459 e. The van der Waals surface area contributed by atoms with Crippen molar-refractivity contribution in [1.82, 2.24) is 15.1 Å². The summed E-state index contributed by atoms with van der Waals surface area (Å²) in [5.74, 6) is -0.0822. The minimum absolute atomic E-state index is 0.0475. The highest BCUT2D eigenvalue weighted by Gasteiger charge is 2.31. The fourth-order valence-corrected chi connectivity index (χ4v) is 3.51. The van der Waals surface area contributed by atoms with Gasteiger partial charge in [0.15, 0.2) is 5.76 Å². The Hall–Kier alpha value is -3.13. The van der Waals surface area contributed by atoms with Crippen LogP contribution in [0, 0.1) is 0 Å². The predicted octanol–water partition coefficient (Wildman–Crippen LogP) is 1.96. The van der Waals surface area contributed by atoms with E-state index in [-0.39, 0.29) is 29.5 Å². The number of benzene rings is 1. The van der Waals surface area contributed by atoms with Gasteiger partial charge in [-0.3, -0.25) is 19.3 Å². The molecule has 0 unspecified atom stereocenters. The van der Waals surface area contributed by atoms with Gasteiger partial charge >= 0.3 is 0 Å². The molecule has 1 aliphatic carbocycles. The molecule has 1 saturated heterocycles. The van der Waals surface area contributed by atoms with E-state index in [0.29, 0.717) is 43.5 Å². The minimum atomic E-state index is -0.338. The molecule has 1 aromatic carbocycles. The Morgan fingerprint density at radius 2 is 1.73 bits per heavy atom. The van der Waals surface area contributed by atoms with Gasteiger partial charge in [0, 0.05) is 43.5 Å². The van der Waals surface area contributed by atoms with Crippen LogP contribution in [0.3, 0.4) is 0 Å². The Morgan fingerprint density at radius 3 is 2.33 bits per heavy atom. The molecular formula is C22H26N4O4. The van der Waals surface area contributed by atoms with Gasteiger partial charge in [0.25, 0.3) is 11.8 Å². The molecule has 1 aromatic heterocycles. The predicted molar refractivity (Wildman–Crippen MR) is 111 cm³/mol. The van der Waals surface area contributed by atoms with Gasteiger partial charge in [-0.1, -0.05) is 0 Å². The van der Waals surface area contributed by atoms with Gasteiger partial charge in [-0.25, -0.2) is 0 Å². The lowest BCUT2D eigenvalue weighted by Gasteiger charge is -2.37. The lowest BCUT2D eigenvalue weighted by Crippen LogP contribution is -2.55. The van der Waals surface area contributed by atoms with Gasteiger partial charge in [-0.05, 0) is 56.2 Å². The van der Waals surface area contributed by atoms with Crippen molar-refractivity contribution in [3.8, 4) is 0 Å². The van der Waals surface area contributed by atoms with Crippen LogP contribution in [0.1, 0.15) is 40.7 Å². The maximum Gasteiger partial charge on any atom is 0.291 e. The molecule has 1 atom stereocenters. The number of nitrogens with one attached hydrogen (secondary N) is 2. The third kappa shape index (κ3) is 4.71. The van der Waals surface area contributed by atoms with Crippen molar-refractivity contribution in [2.24, 2.45) is 0 Å². The number of piperazine rings is 1. The number of nitrogens with zero attached hydrogens (tertiary/aromatic N) is 2. The highest BCUT2D eigenvalue weighted by molar-refractivity contribution is 6.02. The van der Waals surface area contributed by atoms with Crippen LogP contribution in [-0.4, -0.2) is 65.8 Å². The number of anilines is 1. The molecule has 1 saturated carbocycles. The van der Waals surface area contributed by atoms with Crippen LogP contribution in [0.4, 0.5) is 5.69 Å². The van der Waals surface area contributed by atoms with Crippen LogP contribution in [0.2, 0.25) is 0 Å². The molecule has 0 radical (unpaired) electrons. The van der Waals surface area contributed by atoms with E-state index >= 15 is 0 Å². The first-order valence-electron chi connectivity index (χ1n) is 10.3. The van der Waals surface area contributed by atoms with E-state index in [4.69, 9.17) is 4.42 Å². The summed E-state index contributed by atoms with van der Waals surface area (Å²) in [5, 5.41) is 5.78. The second-order valence-corrected chi connectivity index (χ2v) is 7.80. The standard InChI is InChI=1S/C22H26N4O4/c1-15(20(27)23-18-8-9-18)25-10-12-26(13-11-25)22(29)16-4-6-17(7-5-16)24-21(28)19-3-2-14-30-19/h2-7,14-15,18H,8-13H2,1H3,(H,23,27)(H,24,28)/t15-/m0/s1. The number of amides is 3. The molecule has 2 fully saturated rings. The highest BCUT2D eigenvalue weighted by atomic mass is 16.3. The van der Waals surface area contributed by atoms with Gasteiger partial charge < -0.3 is 20.0 Å². The van der Waals surface area contributed by atoms with Crippen molar-refractivity contribution >= 4 is 23.4 Å². The summed E-state index contributed by atoms with van der Waals surface area (Å²) >= 11 is 0. The monoisotopic (exact) mass is 410 g/mol. The van der Waals surface area contributed by atoms with Crippen LogP contribution in [0.5, 0.6) is 0 Å². The molecule has 4 rings (SSSR count). The molecule has 2 aliphatic rings. The zero-order valence-electron chi connectivity index (χ0n) is 17.0. The van der Waals surface area contributed by atoms with Gasteiger partial charge in [0.1, 0.15) is 0 Å². The molecule has 3 amide bonds. The van der Waals surface area contributed by atoms with Gasteiger partial charge in [0.05, 0.1) is 12.3 Å². The molecule has 2 aromatic rings. The molecule has 0 bridgehead atoms. The van der Waals surface area contributed by atoms with Gasteiger partial charge in [-0.2, -0.15) is 0 Å². The fourth-order valence-electron chi connectivity index (χ4n) is 3.51. The van der Waals surface area contributed by atoms with E-state index in [1.165, 1.54) is 6.26 Å². The van der Waals surface area contributed by atoms with Gasteiger partial charge in [-0.15, -0.1) is 0 Å².